The number of amides is 1. The van der Waals surface area contributed by atoms with E-state index in [0.717, 1.165) is 10.8 Å². The second-order valence-electron chi connectivity index (χ2n) is 13.4. The van der Waals surface area contributed by atoms with Gasteiger partial charge < -0.3 is 24.6 Å². The van der Waals surface area contributed by atoms with E-state index >= 15 is 0 Å². The van der Waals surface area contributed by atoms with Crippen molar-refractivity contribution < 1.29 is 43.3 Å². The molecule has 10 nitrogen and oxygen atoms in total. The van der Waals surface area contributed by atoms with Gasteiger partial charge in [0.15, 0.2) is 0 Å². The van der Waals surface area contributed by atoms with Gasteiger partial charge >= 0.3 is 23.9 Å². The molecule has 5 aromatic carbocycles. The summed E-state index contributed by atoms with van der Waals surface area (Å²) in [4.78, 5) is 67.6. The van der Waals surface area contributed by atoms with Crippen LogP contribution in [-0.4, -0.2) is 47.0 Å². The molecule has 0 radical (unpaired) electrons. The van der Waals surface area contributed by atoms with Gasteiger partial charge in [0.25, 0.3) is 0 Å². The van der Waals surface area contributed by atoms with Gasteiger partial charge in [0.2, 0.25) is 5.91 Å². The van der Waals surface area contributed by atoms with Crippen LogP contribution in [-0.2, 0) is 53.0 Å². The first-order valence-corrected chi connectivity index (χ1v) is 18.3. The summed E-state index contributed by atoms with van der Waals surface area (Å²) in [6.07, 6.45) is -0.916. The van der Waals surface area contributed by atoms with Crippen LogP contribution in [0.1, 0.15) is 34.0 Å². The van der Waals surface area contributed by atoms with Crippen LogP contribution in [0, 0.1) is 23.7 Å². The van der Waals surface area contributed by atoms with Gasteiger partial charge in [-0.1, -0.05) is 120 Å². The Labute approximate surface area is 327 Å². The second-order valence-corrected chi connectivity index (χ2v) is 14.2. The minimum atomic E-state index is -1.61. The summed E-state index contributed by atoms with van der Waals surface area (Å²) in [5, 5.41) is 15.5. The van der Waals surface area contributed by atoms with E-state index in [9.17, 15) is 29.1 Å². The van der Waals surface area contributed by atoms with Crippen LogP contribution in [0.5, 0.6) is 0 Å². The predicted octanol–water partition coefficient (Wildman–Crippen LogP) is 7.47. The number of hydrogen-bond donors (Lipinski definition) is 2. The molecule has 1 aliphatic rings. The van der Waals surface area contributed by atoms with E-state index in [1.807, 2.05) is 24.3 Å². The Hall–Kier alpha value is -5.71. The molecule has 1 aliphatic carbocycles. The first kappa shape index (κ1) is 39.0. The number of hydrogen-bond acceptors (Lipinski definition) is 8. The SMILES string of the molecule is C[C@H](NC(=O)[C@H]1[C@H](C(=O)O)[C@H](C(=O)OCc2ccccc2)[C@H]1C(=O)OCc1ccccc1)[C@@H](Cc1ccc(Cl)c(Cl)c1)OC(=O)c1ccc2ccccc2c1. The van der Waals surface area contributed by atoms with Crippen molar-refractivity contribution in [2.75, 3.05) is 0 Å². The Morgan fingerprint density at radius 3 is 1.78 bits per heavy atom. The Morgan fingerprint density at radius 2 is 1.20 bits per heavy atom. The van der Waals surface area contributed by atoms with Crippen LogP contribution in [0.15, 0.2) is 121 Å². The van der Waals surface area contributed by atoms with Gasteiger partial charge in [0, 0.05) is 6.42 Å². The molecule has 1 fully saturated rings. The molecule has 55 heavy (non-hydrogen) atoms. The lowest BCUT2D eigenvalue weighted by Gasteiger charge is -2.45. The summed E-state index contributed by atoms with van der Waals surface area (Å²) in [5.74, 6) is -10.9. The Balaban J connectivity index is 1.25. The predicted molar refractivity (Wildman–Crippen MR) is 205 cm³/mol. The second kappa shape index (κ2) is 17.6. The van der Waals surface area contributed by atoms with Crippen LogP contribution in [0.3, 0.4) is 0 Å². The van der Waals surface area contributed by atoms with E-state index < -0.39 is 65.6 Å². The number of ether oxygens (including phenoxy) is 3. The summed E-state index contributed by atoms with van der Waals surface area (Å²) < 4.78 is 17.0. The number of nitrogens with one attached hydrogen (secondary N) is 1. The monoisotopic (exact) mass is 781 g/mol. The molecule has 1 amide bonds. The molecular formula is C43H37Cl2NO9. The number of rotatable bonds is 14. The van der Waals surface area contributed by atoms with E-state index in [2.05, 4.69) is 5.32 Å². The molecule has 1 saturated carbocycles. The van der Waals surface area contributed by atoms with E-state index in [1.165, 1.54) is 0 Å². The van der Waals surface area contributed by atoms with Crippen molar-refractivity contribution in [2.24, 2.45) is 23.7 Å². The maximum atomic E-state index is 14.1. The maximum absolute atomic E-state index is 14.1. The lowest BCUT2D eigenvalue weighted by molar-refractivity contribution is -0.193. The highest BCUT2D eigenvalue weighted by Crippen LogP contribution is 2.48. The van der Waals surface area contributed by atoms with Crippen molar-refractivity contribution in [2.45, 2.75) is 38.7 Å². The molecule has 0 heterocycles. The number of fused-ring (bicyclic) bond motifs is 1. The molecule has 0 unspecified atom stereocenters. The smallest absolute Gasteiger partial charge is 0.338 e. The molecule has 282 valence electrons. The zero-order valence-corrected chi connectivity index (χ0v) is 31.1. The zero-order chi connectivity index (χ0) is 39.1. The number of carbonyl (C=O) groups is 5. The fourth-order valence-corrected chi connectivity index (χ4v) is 7.09. The first-order valence-electron chi connectivity index (χ1n) is 17.6. The van der Waals surface area contributed by atoms with E-state index in [4.69, 9.17) is 37.4 Å². The highest BCUT2D eigenvalue weighted by atomic mass is 35.5. The van der Waals surface area contributed by atoms with Crippen molar-refractivity contribution in [1.29, 1.82) is 0 Å². The van der Waals surface area contributed by atoms with Gasteiger partial charge in [0.1, 0.15) is 19.3 Å². The van der Waals surface area contributed by atoms with E-state index in [-0.39, 0.29) is 30.2 Å². The maximum Gasteiger partial charge on any atom is 0.338 e. The molecule has 0 aromatic heterocycles. The summed E-state index contributed by atoms with van der Waals surface area (Å²) >= 11 is 12.4. The first-order chi connectivity index (χ1) is 26.5. The number of benzene rings is 5. The van der Waals surface area contributed by atoms with Gasteiger partial charge in [-0.05, 0) is 58.7 Å². The largest absolute Gasteiger partial charge is 0.481 e. The Morgan fingerprint density at radius 1 is 0.636 bits per heavy atom. The Kier molecular flexibility index (Phi) is 12.5. The molecule has 0 saturated heterocycles. The summed E-state index contributed by atoms with van der Waals surface area (Å²) in [6.45, 7) is 1.26. The normalized spacial score (nSPS) is 18.6. The quantitative estimate of drug-likeness (QED) is 0.0866. The van der Waals surface area contributed by atoms with Gasteiger partial charge in [-0.25, -0.2) is 4.79 Å². The lowest BCUT2D eigenvalue weighted by atomic mass is 9.56. The zero-order valence-electron chi connectivity index (χ0n) is 29.6. The van der Waals surface area contributed by atoms with Crippen LogP contribution < -0.4 is 5.32 Å². The Bertz CT molecular complexity index is 2200. The van der Waals surface area contributed by atoms with Gasteiger partial charge in [0.05, 0.1) is 45.3 Å². The molecule has 0 aliphatic heterocycles. The third-order valence-corrected chi connectivity index (χ3v) is 10.5. The highest BCUT2D eigenvalue weighted by Gasteiger charge is 2.65. The van der Waals surface area contributed by atoms with Crippen molar-refractivity contribution in [3.05, 3.63) is 154 Å². The van der Waals surface area contributed by atoms with E-state index in [0.29, 0.717) is 21.7 Å². The third-order valence-electron chi connectivity index (χ3n) is 9.72. The molecule has 0 bridgehead atoms. The minimum Gasteiger partial charge on any atom is -0.481 e. The van der Waals surface area contributed by atoms with Gasteiger partial charge in [-0.3, -0.25) is 19.2 Å². The third kappa shape index (κ3) is 9.33. The average Bonchev–Trinajstić information content (AvgIpc) is 3.17. The van der Waals surface area contributed by atoms with Crippen molar-refractivity contribution >= 4 is 63.8 Å². The van der Waals surface area contributed by atoms with Gasteiger partial charge in [-0.2, -0.15) is 0 Å². The number of carbonyl (C=O) groups excluding carboxylic acids is 4. The number of carboxylic acid groups (broad SMARTS) is 1. The summed E-state index contributed by atoms with van der Waals surface area (Å²) in [6, 6.07) is 34.2. The topological polar surface area (TPSA) is 145 Å². The van der Waals surface area contributed by atoms with Crippen LogP contribution >= 0.6 is 23.2 Å². The number of halogens is 2. The number of carboxylic acids is 1. The molecule has 6 rings (SSSR count). The molecule has 6 atom stereocenters. The fraction of sp³-hybridized carbons (Fsp3) is 0.233. The van der Waals surface area contributed by atoms with Crippen LogP contribution in [0.25, 0.3) is 10.8 Å². The summed E-state index contributed by atoms with van der Waals surface area (Å²) in [5.41, 5.74) is 2.22. The molecule has 2 N–H and O–H groups in total. The van der Waals surface area contributed by atoms with Crippen molar-refractivity contribution in [3.8, 4) is 0 Å². The summed E-state index contributed by atoms with van der Waals surface area (Å²) in [7, 11) is 0. The molecule has 0 spiro atoms. The highest BCUT2D eigenvalue weighted by molar-refractivity contribution is 6.42. The standard InChI is InChI=1S/C43H37Cl2NO9/c1-25(34(21-28-16-19-32(44)33(45)20-28)55-41(50)31-18-17-29-14-8-9-15-30(29)22-31)46-39(47)35-36(40(48)49)38(43(52)54-24-27-12-6-3-7-13-27)37(35)42(51)53-23-26-10-4-2-5-11-26/h2-20,22,25,34-38H,21,23-24H2,1H3,(H,46,47)(H,48,49)/t25-,34+,35-,36-,37-,38-/m0/s1. The van der Waals surface area contributed by atoms with Crippen molar-refractivity contribution in [1.82, 2.24) is 5.32 Å². The van der Waals surface area contributed by atoms with E-state index in [1.54, 1.807) is 104 Å². The van der Waals surface area contributed by atoms with Gasteiger partial charge in [-0.15, -0.1) is 0 Å². The van der Waals surface area contributed by atoms with Crippen LogP contribution in [0.4, 0.5) is 0 Å². The lowest BCUT2D eigenvalue weighted by Crippen LogP contribution is -2.63. The number of aliphatic carboxylic acids is 1. The molecule has 12 heteroatoms. The molecule has 5 aromatic rings. The fourth-order valence-electron chi connectivity index (χ4n) is 6.77. The van der Waals surface area contributed by atoms with Crippen LogP contribution in [0.2, 0.25) is 10.0 Å². The van der Waals surface area contributed by atoms with Crippen molar-refractivity contribution in [3.63, 3.8) is 0 Å². The molecular weight excluding hydrogens is 745 g/mol. The minimum absolute atomic E-state index is 0.0850. The number of esters is 3. The average molecular weight is 783 g/mol.